The lowest BCUT2D eigenvalue weighted by Gasteiger charge is -2.36. The molecule has 2 fully saturated rings. The van der Waals surface area contributed by atoms with Gasteiger partial charge in [-0.15, -0.1) is 0 Å². The monoisotopic (exact) mass is 425 g/mol. The average Bonchev–Trinajstić information content (AvgIpc) is 3.04. The van der Waals surface area contributed by atoms with Gasteiger partial charge in [0.15, 0.2) is 6.61 Å². The second-order valence-corrected chi connectivity index (χ2v) is 9.72. The van der Waals surface area contributed by atoms with E-state index in [1.54, 1.807) is 0 Å². The Balaban J connectivity index is 1.33. The van der Waals surface area contributed by atoms with Crippen LogP contribution in [-0.4, -0.2) is 28.7 Å². The zero-order valence-electron chi connectivity index (χ0n) is 19.0. The van der Waals surface area contributed by atoms with Crippen LogP contribution in [0, 0.1) is 31.6 Å². The summed E-state index contributed by atoms with van der Waals surface area (Å²) in [4.78, 5) is 37.7. The molecule has 0 aliphatic heterocycles. The van der Waals surface area contributed by atoms with Crippen LogP contribution in [0.4, 0.5) is 0 Å². The van der Waals surface area contributed by atoms with Crippen LogP contribution in [0.25, 0.3) is 0 Å². The van der Waals surface area contributed by atoms with Gasteiger partial charge in [-0.25, -0.2) is 0 Å². The van der Waals surface area contributed by atoms with Crippen molar-refractivity contribution in [3.8, 4) is 0 Å². The number of allylic oxidation sites excluding steroid dienone is 2. The van der Waals surface area contributed by atoms with Crippen molar-refractivity contribution >= 4 is 17.5 Å². The van der Waals surface area contributed by atoms with Gasteiger partial charge in [-0.05, 0) is 77.7 Å². The summed E-state index contributed by atoms with van der Waals surface area (Å²) in [7, 11) is 0. The van der Waals surface area contributed by atoms with Crippen molar-refractivity contribution in [3.05, 3.63) is 34.7 Å². The lowest BCUT2D eigenvalue weighted by Crippen LogP contribution is -2.39. The minimum absolute atomic E-state index is 0.0129. The summed E-state index contributed by atoms with van der Waals surface area (Å²) < 4.78 is 7.65. The Morgan fingerprint density at radius 2 is 1.84 bits per heavy atom. The van der Waals surface area contributed by atoms with Gasteiger partial charge in [-0.1, -0.05) is 18.1 Å². The zero-order chi connectivity index (χ0) is 22.0. The molecule has 3 aliphatic carbocycles. The first kappa shape index (κ1) is 22.0. The molecule has 0 spiro atoms. The fourth-order valence-electron chi connectivity index (χ4n) is 5.82. The molecule has 2 unspecified atom stereocenters. The predicted octanol–water partition coefficient (Wildman–Crippen LogP) is 5.12. The molecule has 2 saturated carbocycles. The van der Waals surface area contributed by atoms with Gasteiger partial charge in [0, 0.05) is 35.3 Å². The van der Waals surface area contributed by atoms with Crippen molar-refractivity contribution < 1.29 is 19.1 Å². The first-order chi connectivity index (χ1) is 14.9. The zero-order valence-corrected chi connectivity index (χ0v) is 19.0. The van der Waals surface area contributed by atoms with Crippen molar-refractivity contribution in [1.29, 1.82) is 0 Å². The molecule has 2 bridgehead atoms. The third kappa shape index (κ3) is 4.86. The van der Waals surface area contributed by atoms with E-state index < -0.39 is 0 Å². The highest BCUT2D eigenvalue weighted by atomic mass is 16.5. The number of ether oxygens (including phenoxy) is 1. The molecule has 0 amide bonds. The number of rotatable bonds is 7. The summed E-state index contributed by atoms with van der Waals surface area (Å²) >= 11 is 0. The maximum Gasteiger partial charge on any atom is 0.309 e. The number of ketones is 2. The highest BCUT2D eigenvalue weighted by Crippen LogP contribution is 2.40. The van der Waals surface area contributed by atoms with E-state index >= 15 is 0 Å². The Kier molecular flexibility index (Phi) is 6.78. The van der Waals surface area contributed by atoms with E-state index in [2.05, 4.69) is 10.6 Å². The van der Waals surface area contributed by atoms with Crippen molar-refractivity contribution in [2.45, 2.75) is 84.6 Å². The Hall–Kier alpha value is -2.17. The first-order valence-electron chi connectivity index (χ1n) is 12.0. The number of fused-ring (bicyclic) bond motifs is 2. The number of carbonyl (C=O) groups excluding carboxylic acids is 3. The van der Waals surface area contributed by atoms with Crippen molar-refractivity contribution in [2.75, 3.05) is 6.61 Å². The van der Waals surface area contributed by atoms with Crippen LogP contribution in [0.15, 0.2) is 17.7 Å². The number of nitrogens with zero attached hydrogens (tertiary/aromatic N) is 1. The summed E-state index contributed by atoms with van der Waals surface area (Å²) in [5.41, 5.74) is 4.20. The maximum atomic E-state index is 12.8. The van der Waals surface area contributed by atoms with E-state index in [4.69, 9.17) is 4.74 Å². The fraction of sp³-hybridized carbons (Fsp3) is 0.654. The normalized spacial score (nSPS) is 25.8. The molecule has 0 N–H and O–H groups in total. The third-order valence-electron chi connectivity index (χ3n) is 7.64. The quantitative estimate of drug-likeness (QED) is 0.346. The SMILES string of the molecule is Cc1cc(C(=O)COC(=O)C2CC3CCCC(C2)C3=O)c(C)n1CCC1=CCCCC1. The van der Waals surface area contributed by atoms with E-state index in [0.29, 0.717) is 24.2 Å². The topological polar surface area (TPSA) is 65.4 Å². The van der Waals surface area contributed by atoms with E-state index in [-0.39, 0.29) is 36.1 Å². The third-order valence-corrected chi connectivity index (χ3v) is 7.64. The molecule has 168 valence electrons. The van der Waals surface area contributed by atoms with Gasteiger partial charge in [0.1, 0.15) is 5.78 Å². The van der Waals surface area contributed by atoms with Crippen molar-refractivity contribution in [1.82, 2.24) is 4.57 Å². The Morgan fingerprint density at radius 3 is 2.52 bits per heavy atom. The van der Waals surface area contributed by atoms with Crippen LogP contribution in [0.1, 0.15) is 86.0 Å². The number of aromatic nitrogens is 1. The molecule has 1 aromatic heterocycles. The summed E-state index contributed by atoms with van der Waals surface area (Å²) in [5, 5.41) is 0. The van der Waals surface area contributed by atoms with Gasteiger partial charge in [0.2, 0.25) is 5.78 Å². The predicted molar refractivity (Wildman–Crippen MR) is 119 cm³/mol. The number of carbonyl (C=O) groups is 3. The standard InChI is InChI=1S/C26H35NO4/c1-17-13-23(18(2)27(17)12-11-19-7-4-3-5-8-19)24(28)16-31-26(30)22-14-20-9-6-10-21(15-22)25(20)29/h7,13,20-22H,3-6,8-12,14-16H2,1-2H3. The molecule has 2 atom stereocenters. The van der Waals surface area contributed by atoms with Gasteiger partial charge >= 0.3 is 5.97 Å². The summed E-state index contributed by atoms with van der Waals surface area (Å²) in [6, 6.07) is 1.92. The Morgan fingerprint density at radius 1 is 1.10 bits per heavy atom. The van der Waals surface area contributed by atoms with E-state index in [9.17, 15) is 14.4 Å². The van der Waals surface area contributed by atoms with Crippen LogP contribution in [-0.2, 0) is 20.9 Å². The minimum Gasteiger partial charge on any atom is -0.457 e. The van der Waals surface area contributed by atoms with Gasteiger partial charge < -0.3 is 9.30 Å². The second kappa shape index (κ2) is 9.54. The molecular formula is C26H35NO4. The number of hydrogen-bond donors (Lipinski definition) is 0. The lowest BCUT2D eigenvalue weighted by molar-refractivity contribution is -0.152. The molecule has 0 radical (unpaired) electrons. The summed E-state index contributed by atoms with van der Waals surface area (Å²) in [5.74, 6) is -0.329. The summed E-state index contributed by atoms with van der Waals surface area (Å²) in [6.07, 6.45) is 12.4. The highest BCUT2D eigenvalue weighted by Gasteiger charge is 2.41. The molecule has 5 heteroatoms. The molecule has 1 aromatic rings. The van der Waals surface area contributed by atoms with Crippen molar-refractivity contribution in [2.24, 2.45) is 17.8 Å². The Bertz CT molecular complexity index is 877. The van der Waals surface area contributed by atoms with Crippen LogP contribution < -0.4 is 0 Å². The number of esters is 1. The molecule has 4 rings (SSSR count). The first-order valence-corrected chi connectivity index (χ1v) is 12.0. The average molecular weight is 426 g/mol. The summed E-state index contributed by atoms with van der Waals surface area (Å²) in [6.45, 7) is 4.68. The van der Waals surface area contributed by atoms with Crippen molar-refractivity contribution in [3.63, 3.8) is 0 Å². The van der Waals surface area contributed by atoms with Crippen LogP contribution in [0.5, 0.6) is 0 Å². The smallest absolute Gasteiger partial charge is 0.309 e. The van der Waals surface area contributed by atoms with Gasteiger partial charge in [0.05, 0.1) is 5.92 Å². The van der Waals surface area contributed by atoms with Crippen LogP contribution in [0.3, 0.4) is 0 Å². The van der Waals surface area contributed by atoms with E-state index in [1.165, 1.54) is 31.3 Å². The molecule has 1 heterocycles. The number of Topliss-reactive ketones (excluding diaryl/α,β-unsaturated/α-hetero) is 2. The van der Waals surface area contributed by atoms with Crippen LogP contribution >= 0.6 is 0 Å². The molecule has 0 saturated heterocycles. The van der Waals surface area contributed by atoms with E-state index in [1.807, 2.05) is 19.9 Å². The molecule has 5 nitrogen and oxygen atoms in total. The fourth-order valence-corrected chi connectivity index (χ4v) is 5.82. The molecular weight excluding hydrogens is 390 g/mol. The van der Waals surface area contributed by atoms with Gasteiger partial charge in [-0.3, -0.25) is 14.4 Å². The van der Waals surface area contributed by atoms with Crippen LogP contribution in [0.2, 0.25) is 0 Å². The lowest BCUT2D eigenvalue weighted by atomic mass is 9.67. The van der Waals surface area contributed by atoms with Gasteiger partial charge in [0.25, 0.3) is 0 Å². The number of aryl methyl sites for hydroxylation is 1. The van der Waals surface area contributed by atoms with Gasteiger partial charge in [-0.2, -0.15) is 0 Å². The molecule has 3 aliphatic rings. The minimum atomic E-state index is -0.309. The largest absolute Gasteiger partial charge is 0.457 e. The number of hydrogen-bond acceptors (Lipinski definition) is 4. The molecule has 0 aromatic carbocycles. The Labute approximate surface area is 185 Å². The molecule has 31 heavy (non-hydrogen) atoms. The van der Waals surface area contributed by atoms with E-state index in [0.717, 1.165) is 43.6 Å². The highest BCUT2D eigenvalue weighted by molar-refractivity contribution is 5.99. The maximum absolute atomic E-state index is 12.8. The second-order valence-electron chi connectivity index (χ2n) is 9.72.